The molecule has 1 aliphatic rings. The highest BCUT2D eigenvalue weighted by molar-refractivity contribution is 6.32. The third-order valence-electron chi connectivity index (χ3n) is 3.44. The molecule has 5 heteroatoms. The van der Waals surface area contributed by atoms with Gasteiger partial charge in [0.05, 0.1) is 21.5 Å². The maximum absolute atomic E-state index is 13.7. The van der Waals surface area contributed by atoms with Gasteiger partial charge in [-0.15, -0.1) is 0 Å². The van der Waals surface area contributed by atoms with Crippen LogP contribution < -0.4 is 5.43 Å². The van der Waals surface area contributed by atoms with Crippen molar-refractivity contribution in [3.8, 4) is 6.07 Å². The van der Waals surface area contributed by atoms with E-state index in [9.17, 15) is 14.4 Å². The molecule has 1 fully saturated rings. The molecule has 0 saturated heterocycles. The third-order valence-corrected chi connectivity index (χ3v) is 3.81. The van der Waals surface area contributed by atoms with E-state index >= 15 is 0 Å². The highest BCUT2D eigenvalue weighted by Crippen LogP contribution is 2.39. The molecule has 3 nitrogen and oxygen atoms in total. The summed E-state index contributed by atoms with van der Waals surface area (Å²) in [6, 6.07) is 3.32. The number of halogens is 2. The highest BCUT2D eigenvalue weighted by atomic mass is 35.5. The van der Waals surface area contributed by atoms with E-state index in [1.807, 2.05) is 10.6 Å². The van der Waals surface area contributed by atoms with Gasteiger partial charge in [-0.3, -0.25) is 4.79 Å². The third kappa shape index (κ3) is 1.73. The van der Waals surface area contributed by atoms with Crippen LogP contribution in [0, 0.1) is 24.1 Å². The lowest BCUT2D eigenvalue weighted by molar-refractivity contribution is 0.628. The first kappa shape index (κ1) is 12.2. The lowest BCUT2D eigenvalue weighted by Gasteiger charge is -2.13. The normalized spacial score (nSPS) is 14.6. The maximum atomic E-state index is 13.7. The van der Waals surface area contributed by atoms with E-state index < -0.39 is 5.82 Å². The predicted molar refractivity (Wildman–Crippen MR) is 70.9 cm³/mol. The molecule has 0 aliphatic heterocycles. The number of pyridine rings is 1. The number of hydrogen-bond acceptors (Lipinski definition) is 2. The molecule has 0 atom stereocenters. The summed E-state index contributed by atoms with van der Waals surface area (Å²) in [5.74, 6) is -0.726. The van der Waals surface area contributed by atoms with Gasteiger partial charge in [0, 0.05) is 17.8 Å². The Bertz CT molecular complexity index is 800. The SMILES string of the molecule is Cc1cn(C2CC2)c2c(C#N)c(Cl)c(F)cc2c1=O. The number of hydrogen-bond donors (Lipinski definition) is 0. The van der Waals surface area contributed by atoms with Crippen molar-refractivity contribution in [3.05, 3.63) is 44.5 Å². The molecule has 96 valence electrons. The van der Waals surface area contributed by atoms with Crippen LogP contribution in [0.5, 0.6) is 0 Å². The quantitative estimate of drug-likeness (QED) is 0.802. The standard InChI is InChI=1S/C14H10ClFN2O/c1-7-6-18(8-2-3-8)13-9(14(7)19)4-11(16)12(15)10(13)5-17/h4,6,8H,2-3H2,1H3. The van der Waals surface area contributed by atoms with E-state index in [0.717, 1.165) is 18.9 Å². The van der Waals surface area contributed by atoms with Crippen molar-refractivity contribution in [1.82, 2.24) is 4.57 Å². The number of nitrogens with zero attached hydrogens (tertiary/aromatic N) is 2. The predicted octanol–water partition coefficient (Wildman–Crippen LogP) is 3.31. The number of aromatic nitrogens is 1. The van der Waals surface area contributed by atoms with Crippen molar-refractivity contribution in [3.63, 3.8) is 0 Å². The lowest BCUT2D eigenvalue weighted by atomic mass is 10.1. The molecule has 1 aliphatic carbocycles. The van der Waals surface area contributed by atoms with Crippen molar-refractivity contribution < 1.29 is 4.39 Å². The van der Waals surface area contributed by atoms with Gasteiger partial charge in [0.25, 0.3) is 0 Å². The summed E-state index contributed by atoms with van der Waals surface area (Å²) < 4.78 is 15.6. The molecule has 0 amide bonds. The zero-order valence-electron chi connectivity index (χ0n) is 10.2. The van der Waals surface area contributed by atoms with Gasteiger partial charge in [0.15, 0.2) is 5.43 Å². The van der Waals surface area contributed by atoms with Crippen molar-refractivity contribution in [2.75, 3.05) is 0 Å². The average Bonchev–Trinajstić information content (AvgIpc) is 3.20. The molecule has 3 rings (SSSR count). The van der Waals surface area contributed by atoms with Gasteiger partial charge in [-0.2, -0.15) is 5.26 Å². The Morgan fingerprint density at radius 2 is 2.21 bits per heavy atom. The van der Waals surface area contributed by atoms with Gasteiger partial charge >= 0.3 is 0 Å². The second-order valence-electron chi connectivity index (χ2n) is 4.84. The number of rotatable bonds is 1. The maximum Gasteiger partial charge on any atom is 0.192 e. The van der Waals surface area contributed by atoms with Gasteiger partial charge in [0.1, 0.15) is 11.9 Å². The monoisotopic (exact) mass is 276 g/mol. The zero-order valence-corrected chi connectivity index (χ0v) is 11.0. The molecule has 0 N–H and O–H groups in total. The number of benzene rings is 1. The Morgan fingerprint density at radius 1 is 1.53 bits per heavy atom. The lowest BCUT2D eigenvalue weighted by Crippen LogP contribution is -2.13. The average molecular weight is 277 g/mol. The zero-order chi connectivity index (χ0) is 13.7. The van der Waals surface area contributed by atoms with Crippen LogP contribution in [0.4, 0.5) is 4.39 Å². The summed E-state index contributed by atoms with van der Waals surface area (Å²) >= 11 is 5.85. The topological polar surface area (TPSA) is 45.8 Å². The van der Waals surface area contributed by atoms with Crippen LogP contribution in [-0.4, -0.2) is 4.57 Å². The molecule has 0 unspecified atom stereocenters. The first-order valence-corrected chi connectivity index (χ1v) is 6.36. The minimum Gasteiger partial charge on any atom is -0.343 e. The summed E-state index contributed by atoms with van der Waals surface area (Å²) in [4.78, 5) is 12.1. The minimum atomic E-state index is -0.726. The first-order valence-electron chi connectivity index (χ1n) is 5.98. The number of nitriles is 1. The van der Waals surface area contributed by atoms with Crippen LogP contribution in [0.2, 0.25) is 5.02 Å². The van der Waals surface area contributed by atoms with Gasteiger partial charge in [-0.05, 0) is 25.8 Å². The molecule has 0 bridgehead atoms. The fraction of sp³-hybridized carbons (Fsp3) is 0.286. The highest BCUT2D eigenvalue weighted by Gasteiger charge is 2.27. The molecule has 1 saturated carbocycles. The Balaban J connectivity index is 2.57. The van der Waals surface area contributed by atoms with Crippen LogP contribution in [0.25, 0.3) is 10.9 Å². The van der Waals surface area contributed by atoms with Gasteiger partial charge in [0.2, 0.25) is 0 Å². The molecule has 1 aromatic carbocycles. The second-order valence-corrected chi connectivity index (χ2v) is 5.21. The van der Waals surface area contributed by atoms with Crippen LogP contribution in [-0.2, 0) is 0 Å². The fourth-order valence-corrected chi connectivity index (χ4v) is 2.53. The summed E-state index contributed by atoms with van der Waals surface area (Å²) in [7, 11) is 0. The van der Waals surface area contributed by atoms with E-state index in [0.29, 0.717) is 11.1 Å². The van der Waals surface area contributed by atoms with E-state index in [1.165, 1.54) is 0 Å². The summed E-state index contributed by atoms with van der Waals surface area (Å²) in [5, 5.41) is 9.22. The van der Waals surface area contributed by atoms with Crippen LogP contribution in [0.15, 0.2) is 17.1 Å². The number of fused-ring (bicyclic) bond motifs is 1. The van der Waals surface area contributed by atoms with E-state index in [1.54, 1.807) is 13.1 Å². The summed E-state index contributed by atoms with van der Waals surface area (Å²) in [6.45, 7) is 1.69. The Hall–Kier alpha value is -1.86. The largest absolute Gasteiger partial charge is 0.343 e. The minimum absolute atomic E-state index is 0.0423. The second kappa shape index (κ2) is 4.07. The first-order chi connectivity index (χ1) is 9.04. The molecular weight excluding hydrogens is 267 g/mol. The molecule has 19 heavy (non-hydrogen) atoms. The molecule has 0 spiro atoms. The van der Waals surface area contributed by atoms with Crippen molar-refractivity contribution in [1.29, 1.82) is 5.26 Å². The van der Waals surface area contributed by atoms with Crippen LogP contribution in [0.3, 0.4) is 0 Å². The van der Waals surface area contributed by atoms with Crippen molar-refractivity contribution in [2.24, 2.45) is 0 Å². The smallest absolute Gasteiger partial charge is 0.192 e. The summed E-state index contributed by atoms with van der Waals surface area (Å²) in [5.41, 5.74) is 0.789. The molecule has 1 heterocycles. The van der Waals surface area contributed by atoms with Gasteiger partial charge < -0.3 is 4.57 Å². The van der Waals surface area contributed by atoms with Gasteiger partial charge in [-0.25, -0.2) is 4.39 Å². The van der Waals surface area contributed by atoms with E-state index in [-0.39, 0.29) is 27.4 Å². The van der Waals surface area contributed by atoms with Crippen molar-refractivity contribution in [2.45, 2.75) is 25.8 Å². The van der Waals surface area contributed by atoms with Crippen LogP contribution >= 0.6 is 11.6 Å². The van der Waals surface area contributed by atoms with Crippen molar-refractivity contribution >= 4 is 22.5 Å². The van der Waals surface area contributed by atoms with E-state index in [2.05, 4.69) is 0 Å². The summed E-state index contributed by atoms with van der Waals surface area (Å²) in [6.07, 6.45) is 3.73. The molecule has 1 aromatic heterocycles. The molecule has 0 radical (unpaired) electrons. The Labute approximate surface area is 113 Å². The number of aryl methyl sites for hydroxylation is 1. The van der Waals surface area contributed by atoms with E-state index in [4.69, 9.17) is 11.6 Å². The fourth-order valence-electron chi connectivity index (χ4n) is 2.34. The Morgan fingerprint density at radius 3 is 2.79 bits per heavy atom. The molecular formula is C14H10ClFN2O. The van der Waals surface area contributed by atoms with Gasteiger partial charge in [-0.1, -0.05) is 11.6 Å². The Kier molecular flexibility index (Phi) is 2.61. The van der Waals surface area contributed by atoms with Crippen LogP contribution in [0.1, 0.15) is 30.0 Å². The molecule has 2 aromatic rings.